The number of rotatable bonds is 5. The summed E-state index contributed by atoms with van der Waals surface area (Å²) in [5.74, 6) is 0. The maximum absolute atomic E-state index is 9.39. The molecule has 0 saturated heterocycles. The zero-order valence-electron chi connectivity index (χ0n) is 8.73. The second-order valence-corrected chi connectivity index (χ2v) is 3.04. The van der Waals surface area contributed by atoms with E-state index in [-0.39, 0.29) is 0 Å². The lowest BCUT2D eigenvalue weighted by Crippen LogP contribution is -2.32. The highest BCUT2D eigenvalue weighted by molar-refractivity contribution is 6.59. The fourth-order valence-electron chi connectivity index (χ4n) is 1.19. The van der Waals surface area contributed by atoms with Gasteiger partial charge in [0.25, 0.3) is 0 Å². The van der Waals surface area contributed by atoms with Gasteiger partial charge in [0.05, 0.1) is 0 Å². The van der Waals surface area contributed by atoms with Crippen molar-refractivity contribution in [2.24, 2.45) is 0 Å². The molecule has 1 aromatic carbocycles. The van der Waals surface area contributed by atoms with Gasteiger partial charge < -0.3 is 15.0 Å². The van der Waals surface area contributed by atoms with E-state index in [1.807, 2.05) is 12.1 Å². The summed E-state index contributed by atoms with van der Waals surface area (Å²) in [6, 6.07) is 7.30. The normalized spacial score (nSPS) is 9.47. The van der Waals surface area contributed by atoms with E-state index in [0.29, 0.717) is 5.46 Å². The highest BCUT2D eigenvalue weighted by Gasteiger charge is 2.13. The van der Waals surface area contributed by atoms with E-state index in [1.54, 1.807) is 18.3 Å². The van der Waals surface area contributed by atoms with Gasteiger partial charge in [-0.1, -0.05) is 37.4 Å². The van der Waals surface area contributed by atoms with Crippen LogP contribution in [-0.4, -0.2) is 19.3 Å². The lowest BCUT2D eigenvalue weighted by Gasteiger charge is -2.07. The molecule has 0 aliphatic heterocycles. The first-order valence-electron chi connectivity index (χ1n) is 4.56. The molecule has 0 aromatic heterocycles. The van der Waals surface area contributed by atoms with Gasteiger partial charge in [0, 0.05) is 12.8 Å². The van der Waals surface area contributed by atoms with E-state index in [0.717, 1.165) is 11.3 Å². The minimum absolute atomic E-state index is 0.715. The molecule has 0 spiro atoms. The molecule has 0 unspecified atom stereocenters. The van der Waals surface area contributed by atoms with Gasteiger partial charge >= 0.3 is 7.12 Å². The monoisotopic (exact) mass is 203 g/mol. The van der Waals surface area contributed by atoms with Crippen LogP contribution in [0.2, 0.25) is 0 Å². The first-order valence-corrected chi connectivity index (χ1v) is 4.56. The van der Waals surface area contributed by atoms with Crippen molar-refractivity contribution >= 4 is 18.3 Å². The summed E-state index contributed by atoms with van der Waals surface area (Å²) >= 11 is 0. The lowest BCUT2D eigenvalue weighted by molar-refractivity contribution is 0.341. The predicted octanol–water partition coefficient (Wildman–Crippen LogP) is 0.724. The molecule has 0 aliphatic carbocycles. The van der Waals surface area contributed by atoms with E-state index in [1.165, 1.54) is 7.11 Å². The van der Waals surface area contributed by atoms with Crippen LogP contribution in [0.25, 0.3) is 5.70 Å². The molecule has 0 amide bonds. The molecule has 0 radical (unpaired) electrons. The Morgan fingerprint density at radius 3 is 2.53 bits per heavy atom. The van der Waals surface area contributed by atoms with Crippen LogP contribution < -0.4 is 10.8 Å². The van der Waals surface area contributed by atoms with Crippen molar-refractivity contribution in [2.45, 2.75) is 0 Å². The van der Waals surface area contributed by atoms with Crippen molar-refractivity contribution in [2.75, 3.05) is 7.11 Å². The molecule has 4 heteroatoms. The number of nitrogens with one attached hydrogen (secondary N) is 1. The van der Waals surface area contributed by atoms with Crippen molar-refractivity contribution in [3.8, 4) is 0 Å². The number of benzene rings is 1. The minimum Gasteiger partial charge on any atom is -0.423 e. The molecule has 1 aromatic rings. The van der Waals surface area contributed by atoms with E-state index in [4.69, 9.17) is 4.65 Å². The van der Waals surface area contributed by atoms with Crippen LogP contribution >= 0.6 is 0 Å². The van der Waals surface area contributed by atoms with Crippen LogP contribution in [0.3, 0.4) is 0 Å². The Hall–Kier alpha value is -1.52. The Balaban J connectivity index is 2.80. The summed E-state index contributed by atoms with van der Waals surface area (Å²) in [6.45, 7) is 7.39. The van der Waals surface area contributed by atoms with E-state index in [9.17, 15) is 5.02 Å². The summed E-state index contributed by atoms with van der Waals surface area (Å²) in [6.07, 6.45) is 1.57. The summed E-state index contributed by atoms with van der Waals surface area (Å²) in [7, 11) is 0.580. The lowest BCUT2D eigenvalue weighted by atomic mass is 9.79. The molecule has 0 bridgehead atoms. The highest BCUT2D eigenvalue weighted by Crippen LogP contribution is 2.07. The summed E-state index contributed by atoms with van der Waals surface area (Å²) in [5.41, 5.74) is 2.43. The molecule has 0 heterocycles. The third kappa shape index (κ3) is 2.97. The SMILES string of the molecule is C=CNC(=C)c1ccc(B(O)OC)cc1. The quantitative estimate of drug-likeness (QED) is 0.693. The topological polar surface area (TPSA) is 41.5 Å². The average Bonchev–Trinajstić information content (AvgIpc) is 2.28. The van der Waals surface area contributed by atoms with Crippen LogP contribution in [0.5, 0.6) is 0 Å². The van der Waals surface area contributed by atoms with Gasteiger partial charge in [0.1, 0.15) is 0 Å². The maximum atomic E-state index is 9.39. The fraction of sp³-hybridized carbons (Fsp3) is 0.0909. The van der Waals surface area contributed by atoms with Crippen LogP contribution in [0.4, 0.5) is 0 Å². The smallest absolute Gasteiger partial charge is 0.423 e. The molecular weight excluding hydrogens is 189 g/mol. The van der Waals surface area contributed by atoms with Crippen molar-refractivity contribution < 1.29 is 9.68 Å². The van der Waals surface area contributed by atoms with E-state index in [2.05, 4.69) is 18.5 Å². The van der Waals surface area contributed by atoms with Gasteiger partial charge in [-0.15, -0.1) is 0 Å². The Bertz CT molecular complexity index is 348. The van der Waals surface area contributed by atoms with Gasteiger partial charge in [0.15, 0.2) is 0 Å². The molecular formula is C11H14BNO2. The molecule has 2 N–H and O–H groups in total. The number of hydrogen-bond donors (Lipinski definition) is 2. The van der Waals surface area contributed by atoms with Crippen LogP contribution in [-0.2, 0) is 4.65 Å². The summed E-state index contributed by atoms with van der Waals surface area (Å²) in [5, 5.41) is 12.3. The minimum atomic E-state index is -0.875. The fourth-order valence-corrected chi connectivity index (χ4v) is 1.19. The zero-order valence-corrected chi connectivity index (χ0v) is 8.73. The van der Waals surface area contributed by atoms with E-state index >= 15 is 0 Å². The molecule has 1 rings (SSSR count). The zero-order chi connectivity index (χ0) is 11.3. The summed E-state index contributed by atoms with van der Waals surface area (Å²) < 4.78 is 4.79. The van der Waals surface area contributed by atoms with Gasteiger partial charge in [-0.05, 0) is 17.2 Å². The van der Waals surface area contributed by atoms with Crippen molar-refractivity contribution in [1.29, 1.82) is 0 Å². The summed E-state index contributed by atoms with van der Waals surface area (Å²) in [4.78, 5) is 0. The third-order valence-corrected chi connectivity index (χ3v) is 2.04. The Kier molecular flexibility index (Phi) is 4.15. The standard InChI is InChI=1S/C11H14BNO2/c1-4-13-9(2)10-5-7-11(8-6-10)12(14)15-3/h4-8,13-14H,1-2H2,3H3. The van der Waals surface area contributed by atoms with Crippen LogP contribution in [0, 0.1) is 0 Å². The second kappa shape index (κ2) is 5.39. The van der Waals surface area contributed by atoms with Gasteiger partial charge in [-0.25, -0.2) is 0 Å². The first kappa shape index (κ1) is 11.6. The molecule has 15 heavy (non-hydrogen) atoms. The van der Waals surface area contributed by atoms with Crippen LogP contribution in [0.1, 0.15) is 5.56 Å². The predicted molar refractivity (Wildman–Crippen MR) is 63.4 cm³/mol. The molecule has 3 nitrogen and oxygen atoms in total. The van der Waals surface area contributed by atoms with Gasteiger partial charge in [0.2, 0.25) is 0 Å². The number of hydrogen-bond acceptors (Lipinski definition) is 3. The molecule has 0 saturated carbocycles. The van der Waals surface area contributed by atoms with Gasteiger partial charge in [-0.2, -0.15) is 0 Å². The molecule has 0 aliphatic rings. The van der Waals surface area contributed by atoms with E-state index < -0.39 is 7.12 Å². The van der Waals surface area contributed by atoms with Crippen molar-refractivity contribution in [3.63, 3.8) is 0 Å². The first-order chi connectivity index (χ1) is 7.19. The highest BCUT2D eigenvalue weighted by atomic mass is 16.5. The Labute approximate surface area is 90.2 Å². The third-order valence-electron chi connectivity index (χ3n) is 2.04. The van der Waals surface area contributed by atoms with Gasteiger partial charge in [-0.3, -0.25) is 0 Å². The van der Waals surface area contributed by atoms with Crippen molar-refractivity contribution in [1.82, 2.24) is 5.32 Å². The Morgan fingerprint density at radius 2 is 2.07 bits per heavy atom. The molecule has 0 atom stereocenters. The average molecular weight is 203 g/mol. The largest absolute Gasteiger partial charge is 0.490 e. The van der Waals surface area contributed by atoms with Crippen LogP contribution in [0.15, 0.2) is 43.6 Å². The second-order valence-electron chi connectivity index (χ2n) is 3.04. The molecule has 78 valence electrons. The Morgan fingerprint density at radius 1 is 1.47 bits per heavy atom. The van der Waals surface area contributed by atoms with Crippen molar-refractivity contribution in [3.05, 3.63) is 49.2 Å². The maximum Gasteiger partial charge on any atom is 0.490 e. The molecule has 0 fully saturated rings.